The first kappa shape index (κ1) is 20.3. The average molecular weight is 427 g/mol. The lowest BCUT2D eigenvalue weighted by atomic mass is 10.1. The van der Waals surface area contributed by atoms with Crippen LogP contribution in [0.3, 0.4) is 0 Å². The highest BCUT2D eigenvalue weighted by atomic mass is 19.4. The van der Waals surface area contributed by atoms with Crippen LogP contribution < -0.4 is 4.90 Å². The summed E-state index contributed by atoms with van der Waals surface area (Å²) in [6.45, 7) is 1.63. The van der Waals surface area contributed by atoms with Crippen molar-refractivity contribution < 1.29 is 18.0 Å². The highest BCUT2D eigenvalue weighted by Gasteiger charge is 2.34. The predicted molar refractivity (Wildman–Crippen MR) is 103 cm³/mol. The maximum Gasteiger partial charge on any atom is 0.418 e. The molecule has 1 aliphatic rings. The van der Waals surface area contributed by atoms with Crippen molar-refractivity contribution in [1.29, 1.82) is 5.26 Å². The monoisotopic (exact) mass is 427 g/mol. The summed E-state index contributed by atoms with van der Waals surface area (Å²) in [4.78, 5) is 20.5. The van der Waals surface area contributed by atoms with Crippen LogP contribution in [0.15, 0.2) is 48.8 Å². The molecule has 0 bridgehead atoms. The van der Waals surface area contributed by atoms with Gasteiger partial charge in [0.2, 0.25) is 0 Å². The van der Waals surface area contributed by atoms with Crippen molar-refractivity contribution in [2.45, 2.75) is 6.18 Å². The Morgan fingerprint density at radius 2 is 1.81 bits per heavy atom. The molecule has 0 saturated carbocycles. The van der Waals surface area contributed by atoms with Gasteiger partial charge in [-0.1, -0.05) is 17.3 Å². The van der Waals surface area contributed by atoms with E-state index < -0.39 is 17.6 Å². The number of amides is 1. The van der Waals surface area contributed by atoms with E-state index in [1.807, 2.05) is 4.90 Å². The minimum atomic E-state index is -4.56. The van der Waals surface area contributed by atoms with Crippen molar-refractivity contribution in [2.24, 2.45) is 0 Å². The van der Waals surface area contributed by atoms with Gasteiger partial charge in [0.1, 0.15) is 11.9 Å². The van der Waals surface area contributed by atoms with E-state index in [-0.39, 0.29) is 11.4 Å². The normalized spacial score (nSPS) is 14.4. The number of hydrogen-bond donors (Lipinski definition) is 0. The van der Waals surface area contributed by atoms with Crippen molar-refractivity contribution in [3.63, 3.8) is 0 Å². The molecule has 0 spiro atoms. The molecule has 158 valence electrons. The van der Waals surface area contributed by atoms with Crippen LogP contribution in [0.4, 0.5) is 19.0 Å². The Labute approximate surface area is 175 Å². The van der Waals surface area contributed by atoms with Gasteiger partial charge in [0.25, 0.3) is 5.91 Å². The van der Waals surface area contributed by atoms with Crippen molar-refractivity contribution in [2.75, 3.05) is 31.1 Å². The molecule has 1 amide bonds. The second-order valence-electron chi connectivity index (χ2n) is 6.83. The van der Waals surface area contributed by atoms with E-state index in [2.05, 4.69) is 21.4 Å². The number of aromatic nitrogens is 4. The smallest absolute Gasteiger partial charge is 0.352 e. The van der Waals surface area contributed by atoms with Crippen LogP contribution in [0.1, 0.15) is 21.6 Å². The second-order valence-corrected chi connectivity index (χ2v) is 6.83. The van der Waals surface area contributed by atoms with Crippen LogP contribution >= 0.6 is 0 Å². The zero-order valence-corrected chi connectivity index (χ0v) is 16.1. The molecule has 1 saturated heterocycles. The maximum absolute atomic E-state index is 13.3. The molecule has 0 atom stereocenters. The number of benzene rings is 1. The number of alkyl halides is 3. The average Bonchev–Trinajstić information content (AvgIpc) is 3.28. The molecule has 0 N–H and O–H groups in total. The van der Waals surface area contributed by atoms with E-state index in [4.69, 9.17) is 0 Å². The number of piperazine rings is 1. The Bertz CT molecular complexity index is 1140. The first-order valence-electron chi connectivity index (χ1n) is 9.37. The van der Waals surface area contributed by atoms with Crippen LogP contribution in [0.25, 0.3) is 5.69 Å². The third-order valence-corrected chi connectivity index (χ3v) is 4.94. The number of carbonyl (C=O) groups excluding carboxylic acids is 1. The summed E-state index contributed by atoms with van der Waals surface area (Å²) in [6.07, 6.45) is -1.76. The summed E-state index contributed by atoms with van der Waals surface area (Å²) in [7, 11) is 0. The fourth-order valence-electron chi connectivity index (χ4n) is 3.41. The van der Waals surface area contributed by atoms with Gasteiger partial charge in [-0.3, -0.25) is 4.79 Å². The quantitative estimate of drug-likeness (QED) is 0.638. The third kappa shape index (κ3) is 4.05. The molecule has 0 unspecified atom stereocenters. The summed E-state index contributed by atoms with van der Waals surface area (Å²) >= 11 is 0. The molecular weight excluding hydrogens is 411 g/mol. The first-order valence-corrected chi connectivity index (χ1v) is 9.37. The van der Waals surface area contributed by atoms with E-state index in [9.17, 15) is 23.2 Å². The van der Waals surface area contributed by atoms with Crippen LogP contribution in [0.2, 0.25) is 0 Å². The standard InChI is InChI=1S/C20H16F3N7O/c21-20(22,23)15-5-1-2-6-17(15)30-13-16(26-27-30)19(31)29-10-8-28(9-11-29)18-14(12-24)4-3-7-25-18/h1-7,13H,8-11H2. The van der Waals surface area contributed by atoms with E-state index in [0.29, 0.717) is 37.6 Å². The number of halogens is 3. The van der Waals surface area contributed by atoms with Gasteiger partial charge >= 0.3 is 6.18 Å². The van der Waals surface area contributed by atoms with Gasteiger partial charge < -0.3 is 9.80 Å². The number of carbonyl (C=O) groups is 1. The van der Waals surface area contributed by atoms with Crippen LogP contribution in [0.5, 0.6) is 0 Å². The van der Waals surface area contributed by atoms with Gasteiger partial charge in [-0.2, -0.15) is 18.4 Å². The van der Waals surface area contributed by atoms with Gasteiger partial charge in [-0.15, -0.1) is 5.10 Å². The lowest BCUT2D eigenvalue weighted by Gasteiger charge is -2.35. The van der Waals surface area contributed by atoms with Crippen LogP contribution in [-0.4, -0.2) is 57.0 Å². The zero-order chi connectivity index (χ0) is 22.0. The van der Waals surface area contributed by atoms with Gasteiger partial charge in [-0.25, -0.2) is 9.67 Å². The molecule has 4 rings (SSSR count). The Balaban J connectivity index is 1.48. The topological polar surface area (TPSA) is 90.9 Å². The lowest BCUT2D eigenvalue weighted by Crippen LogP contribution is -2.49. The summed E-state index contributed by atoms with van der Waals surface area (Å²) < 4.78 is 40.7. The Morgan fingerprint density at radius 1 is 1.06 bits per heavy atom. The second kappa shape index (κ2) is 8.06. The Hall–Kier alpha value is -3.94. The van der Waals surface area contributed by atoms with Crippen molar-refractivity contribution in [1.82, 2.24) is 24.9 Å². The third-order valence-electron chi connectivity index (χ3n) is 4.94. The summed E-state index contributed by atoms with van der Waals surface area (Å²) in [5, 5.41) is 16.7. The number of para-hydroxylation sites is 1. The Kier molecular flexibility index (Phi) is 5.29. The maximum atomic E-state index is 13.3. The molecule has 31 heavy (non-hydrogen) atoms. The molecule has 3 aromatic rings. The van der Waals surface area contributed by atoms with Crippen LogP contribution in [0, 0.1) is 11.3 Å². The number of rotatable bonds is 3. The lowest BCUT2D eigenvalue weighted by molar-refractivity contribution is -0.137. The molecular formula is C20H16F3N7O. The molecule has 3 heterocycles. The molecule has 11 heteroatoms. The van der Waals surface area contributed by atoms with Gasteiger partial charge in [0.15, 0.2) is 5.69 Å². The number of pyridine rings is 1. The van der Waals surface area contributed by atoms with E-state index in [0.717, 1.165) is 10.7 Å². The van der Waals surface area contributed by atoms with Gasteiger partial charge in [0.05, 0.1) is 23.0 Å². The molecule has 1 aliphatic heterocycles. The molecule has 0 radical (unpaired) electrons. The van der Waals surface area contributed by atoms with Crippen molar-refractivity contribution in [3.8, 4) is 11.8 Å². The fraction of sp³-hybridized carbons (Fsp3) is 0.250. The molecule has 1 fully saturated rings. The van der Waals surface area contributed by atoms with E-state index in [1.165, 1.54) is 24.4 Å². The summed E-state index contributed by atoms with van der Waals surface area (Å²) in [5.74, 6) is 0.142. The minimum Gasteiger partial charge on any atom is -0.352 e. The summed E-state index contributed by atoms with van der Waals surface area (Å²) in [6, 6.07) is 10.4. The molecule has 2 aromatic heterocycles. The van der Waals surface area contributed by atoms with Crippen molar-refractivity contribution in [3.05, 3.63) is 65.6 Å². The van der Waals surface area contributed by atoms with Gasteiger partial charge in [-0.05, 0) is 24.3 Å². The number of nitrogens with zero attached hydrogens (tertiary/aromatic N) is 7. The summed E-state index contributed by atoms with van der Waals surface area (Å²) in [5.41, 5.74) is -0.656. The fourth-order valence-corrected chi connectivity index (χ4v) is 3.41. The molecule has 0 aliphatic carbocycles. The SMILES string of the molecule is N#Cc1cccnc1N1CCN(C(=O)c2cn(-c3ccccc3C(F)(F)F)nn2)CC1. The number of nitriles is 1. The highest BCUT2D eigenvalue weighted by Crippen LogP contribution is 2.33. The largest absolute Gasteiger partial charge is 0.418 e. The van der Waals surface area contributed by atoms with Gasteiger partial charge in [0, 0.05) is 32.4 Å². The van der Waals surface area contributed by atoms with Crippen LogP contribution in [-0.2, 0) is 6.18 Å². The molecule has 8 nitrogen and oxygen atoms in total. The van der Waals surface area contributed by atoms with E-state index >= 15 is 0 Å². The highest BCUT2D eigenvalue weighted by molar-refractivity contribution is 5.92. The number of hydrogen-bond acceptors (Lipinski definition) is 6. The Morgan fingerprint density at radius 3 is 2.52 bits per heavy atom. The molecule has 1 aromatic carbocycles. The van der Waals surface area contributed by atoms with E-state index in [1.54, 1.807) is 23.2 Å². The first-order chi connectivity index (χ1) is 14.9. The predicted octanol–water partition coefficient (Wildman–Crippen LogP) is 2.52. The van der Waals surface area contributed by atoms with Crippen molar-refractivity contribution >= 4 is 11.7 Å². The minimum absolute atomic E-state index is 0.0408. The zero-order valence-electron chi connectivity index (χ0n) is 16.1. The number of anilines is 1.